The van der Waals surface area contributed by atoms with Crippen molar-refractivity contribution in [3.05, 3.63) is 99.9 Å². The van der Waals surface area contributed by atoms with Crippen LogP contribution in [0.5, 0.6) is 5.75 Å². The van der Waals surface area contributed by atoms with Gasteiger partial charge in [0.1, 0.15) is 17.3 Å². The zero-order chi connectivity index (χ0) is 23.2. The molecule has 6 heteroatoms. The van der Waals surface area contributed by atoms with Crippen molar-refractivity contribution in [1.29, 1.82) is 0 Å². The molecule has 0 radical (unpaired) electrons. The first-order valence-corrected chi connectivity index (χ1v) is 10.1. The van der Waals surface area contributed by atoms with Crippen molar-refractivity contribution >= 4 is 23.1 Å². The Morgan fingerprint density at radius 1 is 0.875 bits per heavy atom. The third-order valence-corrected chi connectivity index (χ3v) is 5.85. The number of anilines is 1. The first-order valence-electron chi connectivity index (χ1n) is 10.1. The monoisotopic (exact) mass is 431 g/mol. The molecule has 3 aromatic rings. The highest BCUT2D eigenvalue weighted by atomic mass is 19.1. The van der Waals surface area contributed by atoms with E-state index in [0.717, 1.165) is 11.1 Å². The molecular weight excluding hydrogens is 409 g/mol. The number of carbonyl (C=O) groups excluding carboxylic acids is 2. The second kappa shape index (κ2) is 7.96. The van der Waals surface area contributed by atoms with Crippen LogP contribution in [0.4, 0.5) is 10.1 Å². The summed E-state index contributed by atoms with van der Waals surface area (Å²) in [6.45, 7) is 5.41. The van der Waals surface area contributed by atoms with Gasteiger partial charge >= 0.3 is 0 Å². The molecule has 1 unspecified atom stereocenters. The number of nitrogens with zero attached hydrogens (tertiary/aromatic N) is 1. The predicted molar refractivity (Wildman–Crippen MR) is 120 cm³/mol. The fourth-order valence-corrected chi connectivity index (χ4v) is 3.89. The molecule has 1 atom stereocenters. The van der Waals surface area contributed by atoms with E-state index >= 15 is 0 Å². The average Bonchev–Trinajstić information content (AvgIpc) is 3.03. The maximum atomic E-state index is 13.8. The zero-order valence-corrected chi connectivity index (χ0v) is 17.9. The van der Waals surface area contributed by atoms with Crippen LogP contribution in [0.15, 0.2) is 66.2 Å². The number of benzene rings is 3. The minimum absolute atomic E-state index is 0.0334. The third-order valence-electron chi connectivity index (χ3n) is 5.85. The molecule has 3 aromatic carbocycles. The van der Waals surface area contributed by atoms with Gasteiger partial charge < -0.3 is 10.2 Å². The molecule has 1 amide bonds. The van der Waals surface area contributed by atoms with Crippen molar-refractivity contribution in [1.82, 2.24) is 0 Å². The van der Waals surface area contributed by atoms with Gasteiger partial charge in [0.15, 0.2) is 0 Å². The average molecular weight is 431 g/mol. The molecule has 0 spiro atoms. The number of halogens is 1. The molecular formula is C26H22FNO4. The first kappa shape index (κ1) is 21.3. The van der Waals surface area contributed by atoms with Gasteiger partial charge in [-0.25, -0.2) is 4.39 Å². The van der Waals surface area contributed by atoms with Gasteiger partial charge in [-0.05, 0) is 85.5 Å². The lowest BCUT2D eigenvalue weighted by atomic mass is 9.94. The minimum Gasteiger partial charge on any atom is -0.508 e. The lowest BCUT2D eigenvalue weighted by molar-refractivity contribution is -0.132. The van der Waals surface area contributed by atoms with Crippen molar-refractivity contribution in [2.75, 3.05) is 4.90 Å². The van der Waals surface area contributed by atoms with Gasteiger partial charge in [-0.15, -0.1) is 0 Å². The van der Waals surface area contributed by atoms with Crippen molar-refractivity contribution in [3.8, 4) is 5.75 Å². The molecule has 4 rings (SSSR count). The Hall–Kier alpha value is -3.93. The van der Waals surface area contributed by atoms with E-state index in [9.17, 15) is 24.2 Å². The number of aliphatic hydroxyl groups is 1. The lowest BCUT2D eigenvalue weighted by Gasteiger charge is -2.26. The van der Waals surface area contributed by atoms with Gasteiger partial charge in [0.2, 0.25) is 0 Å². The van der Waals surface area contributed by atoms with E-state index in [0.29, 0.717) is 16.8 Å². The van der Waals surface area contributed by atoms with Crippen molar-refractivity contribution in [2.45, 2.75) is 26.8 Å². The molecule has 0 aromatic heterocycles. The number of ketones is 1. The van der Waals surface area contributed by atoms with Crippen LogP contribution in [-0.2, 0) is 9.59 Å². The first-order chi connectivity index (χ1) is 15.2. The molecule has 0 saturated carbocycles. The van der Waals surface area contributed by atoms with Gasteiger partial charge in [0.05, 0.1) is 11.6 Å². The Morgan fingerprint density at radius 3 is 2.19 bits per heavy atom. The maximum absolute atomic E-state index is 13.8. The van der Waals surface area contributed by atoms with Crippen LogP contribution in [-0.4, -0.2) is 21.9 Å². The Kier molecular flexibility index (Phi) is 5.30. The smallest absolute Gasteiger partial charge is 0.300 e. The van der Waals surface area contributed by atoms with Crippen LogP contribution in [0.1, 0.15) is 33.9 Å². The summed E-state index contributed by atoms with van der Waals surface area (Å²) < 4.78 is 13.8. The number of Topliss-reactive ketones (excluding diaryl/α,β-unsaturated/α-hetero) is 1. The summed E-state index contributed by atoms with van der Waals surface area (Å²) in [5, 5.41) is 20.8. The summed E-state index contributed by atoms with van der Waals surface area (Å²) in [6.07, 6.45) is 0. The van der Waals surface area contributed by atoms with E-state index in [1.165, 1.54) is 35.2 Å². The highest BCUT2D eigenvalue weighted by Gasteiger charge is 2.47. The number of aliphatic hydroxyl groups excluding tert-OH is 1. The van der Waals surface area contributed by atoms with Crippen LogP contribution >= 0.6 is 0 Å². The van der Waals surface area contributed by atoms with E-state index in [1.807, 2.05) is 26.0 Å². The van der Waals surface area contributed by atoms with Crippen LogP contribution in [0.2, 0.25) is 0 Å². The summed E-state index contributed by atoms with van der Waals surface area (Å²) in [4.78, 5) is 27.6. The van der Waals surface area contributed by atoms with E-state index in [-0.39, 0.29) is 22.6 Å². The van der Waals surface area contributed by atoms with Crippen LogP contribution in [0.3, 0.4) is 0 Å². The number of phenols is 1. The third kappa shape index (κ3) is 3.54. The normalized spacial score (nSPS) is 17.8. The van der Waals surface area contributed by atoms with Gasteiger partial charge in [-0.2, -0.15) is 0 Å². The molecule has 32 heavy (non-hydrogen) atoms. The molecule has 0 bridgehead atoms. The summed E-state index contributed by atoms with van der Waals surface area (Å²) in [7, 11) is 0. The lowest BCUT2D eigenvalue weighted by Crippen LogP contribution is -2.29. The van der Waals surface area contributed by atoms with Gasteiger partial charge in [-0.3, -0.25) is 14.5 Å². The van der Waals surface area contributed by atoms with E-state index in [1.54, 1.807) is 25.1 Å². The summed E-state index contributed by atoms with van der Waals surface area (Å²) in [5.41, 5.74) is 3.49. The SMILES string of the molecule is Cc1ccc(N2C(=O)C(=O)/C(=C(/O)c3ccc(F)c(C)c3)C2c2ccc(O)cc2)cc1C. The second-order valence-corrected chi connectivity index (χ2v) is 7.99. The van der Waals surface area contributed by atoms with E-state index in [2.05, 4.69) is 0 Å². The standard InChI is InChI=1S/C26H22FNO4/c1-14-4-8-19(13-15(14)2)28-23(17-5-9-20(29)10-6-17)22(25(31)26(28)32)24(30)18-7-11-21(27)16(3)12-18/h4-13,23,29-30H,1-3H3/b24-22+. The maximum Gasteiger partial charge on any atom is 0.300 e. The molecule has 0 aliphatic carbocycles. The molecule has 1 saturated heterocycles. The second-order valence-electron chi connectivity index (χ2n) is 7.99. The highest BCUT2D eigenvalue weighted by Crippen LogP contribution is 2.42. The number of amides is 1. The molecule has 5 nitrogen and oxygen atoms in total. The molecule has 1 fully saturated rings. The molecule has 1 aliphatic heterocycles. The fraction of sp³-hybridized carbons (Fsp3) is 0.154. The number of phenolic OH excluding ortho intramolecular Hbond substituents is 1. The van der Waals surface area contributed by atoms with Crippen molar-refractivity contribution in [2.24, 2.45) is 0 Å². The minimum atomic E-state index is -0.914. The number of hydrogen-bond donors (Lipinski definition) is 2. The summed E-state index contributed by atoms with van der Waals surface area (Å²) >= 11 is 0. The topological polar surface area (TPSA) is 77.8 Å². The molecule has 1 aliphatic rings. The van der Waals surface area contributed by atoms with E-state index in [4.69, 9.17) is 0 Å². The molecule has 2 N–H and O–H groups in total. The Labute approximate surface area is 185 Å². The quantitative estimate of drug-likeness (QED) is 0.344. The van der Waals surface area contributed by atoms with Crippen molar-refractivity contribution < 1.29 is 24.2 Å². The van der Waals surface area contributed by atoms with E-state index < -0.39 is 23.5 Å². The predicted octanol–water partition coefficient (Wildman–Crippen LogP) is 5.08. The van der Waals surface area contributed by atoms with Gasteiger partial charge in [0, 0.05) is 11.3 Å². The van der Waals surface area contributed by atoms with Gasteiger partial charge in [0.25, 0.3) is 11.7 Å². The number of aromatic hydroxyl groups is 1. The van der Waals surface area contributed by atoms with Crippen LogP contribution in [0, 0.1) is 26.6 Å². The van der Waals surface area contributed by atoms with Crippen molar-refractivity contribution in [3.63, 3.8) is 0 Å². The van der Waals surface area contributed by atoms with Crippen LogP contribution in [0.25, 0.3) is 5.76 Å². The molecule has 1 heterocycles. The number of carbonyl (C=O) groups is 2. The Morgan fingerprint density at radius 2 is 1.56 bits per heavy atom. The molecule has 162 valence electrons. The number of hydrogen-bond acceptors (Lipinski definition) is 4. The van der Waals surface area contributed by atoms with Gasteiger partial charge in [-0.1, -0.05) is 18.2 Å². The number of aryl methyl sites for hydroxylation is 3. The fourth-order valence-electron chi connectivity index (χ4n) is 3.89. The van der Waals surface area contributed by atoms with Crippen LogP contribution < -0.4 is 4.90 Å². The largest absolute Gasteiger partial charge is 0.508 e. The Bertz CT molecular complexity index is 1280. The number of rotatable bonds is 3. The zero-order valence-electron chi connectivity index (χ0n) is 17.9. The summed E-state index contributed by atoms with van der Waals surface area (Å²) in [5.74, 6) is -2.39. The highest BCUT2D eigenvalue weighted by molar-refractivity contribution is 6.51. The summed E-state index contributed by atoms with van der Waals surface area (Å²) in [6, 6.07) is 14.6. The Balaban J connectivity index is 1.96.